The molecule has 7 nitrogen and oxygen atoms in total. The minimum absolute atomic E-state index is 0.184. The summed E-state index contributed by atoms with van der Waals surface area (Å²) in [5, 5.41) is 8.02. The number of urea groups is 1. The second-order valence-electron chi connectivity index (χ2n) is 6.14. The molecular formula is C15H26N4O3. The number of nitrogens with zero attached hydrogens (tertiary/aromatic N) is 1. The molecule has 1 heterocycles. The van der Waals surface area contributed by atoms with Gasteiger partial charge in [0.15, 0.2) is 0 Å². The summed E-state index contributed by atoms with van der Waals surface area (Å²) in [6.45, 7) is 4.27. The Hall–Kier alpha value is -1.63. The number of likely N-dealkylation sites (tertiary alicyclic amines) is 1. The van der Waals surface area contributed by atoms with Gasteiger partial charge < -0.3 is 10.6 Å². The van der Waals surface area contributed by atoms with Gasteiger partial charge in [0.2, 0.25) is 11.8 Å². The van der Waals surface area contributed by atoms with Gasteiger partial charge in [0, 0.05) is 31.6 Å². The number of carbonyl (C=O) groups excluding carboxylic acids is 3. The highest BCUT2D eigenvalue weighted by atomic mass is 16.2. The minimum atomic E-state index is -0.432. The van der Waals surface area contributed by atoms with Crippen molar-refractivity contribution in [2.75, 3.05) is 26.2 Å². The van der Waals surface area contributed by atoms with E-state index in [1.807, 2.05) is 11.8 Å². The van der Waals surface area contributed by atoms with E-state index in [4.69, 9.17) is 0 Å². The van der Waals surface area contributed by atoms with Gasteiger partial charge in [0.25, 0.3) is 0 Å². The van der Waals surface area contributed by atoms with E-state index in [-0.39, 0.29) is 30.3 Å². The van der Waals surface area contributed by atoms with E-state index in [1.54, 1.807) is 0 Å². The van der Waals surface area contributed by atoms with E-state index in [1.165, 1.54) is 0 Å². The molecule has 4 amide bonds. The van der Waals surface area contributed by atoms with Crippen LogP contribution >= 0.6 is 0 Å². The molecule has 0 radical (unpaired) electrons. The summed E-state index contributed by atoms with van der Waals surface area (Å²) in [6, 6.07) is -0.210. The molecule has 0 aromatic carbocycles. The molecule has 2 aliphatic rings. The Kier molecular flexibility index (Phi) is 6.18. The van der Waals surface area contributed by atoms with Crippen LogP contribution < -0.4 is 16.0 Å². The first-order valence-corrected chi connectivity index (χ1v) is 8.19. The van der Waals surface area contributed by atoms with E-state index in [0.717, 1.165) is 45.2 Å². The standard InChI is InChI=1S/C15H26N4O3/c1-2-7-16-15(22)18-13(20)10-19-8-5-12(6-9-19)17-14(21)11-3-4-11/h11-12H,2-10H2,1H3,(H,17,21)(H2,16,18,20,22). The Morgan fingerprint density at radius 1 is 1.09 bits per heavy atom. The molecule has 22 heavy (non-hydrogen) atoms. The maximum atomic E-state index is 11.8. The van der Waals surface area contributed by atoms with Crippen LogP contribution in [-0.4, -0.2) is 55.0 Å². The van der Waals surface area contributed by atoms with Crippen LogP contribution in [0.2, 0.25) is 0 Å². The first-order valence-electron chi connectivity index (χ1n) is 8.19. The van der Waals surface area contributed by atoms with Crippen molar-refractivity contribution in [2.45, 2.75) is 45.1 Å². The summed E-state index contributed by atoms with van der Waals surface area (Å²) in [5.74, 6) is 0.142. The molecule has 0 atom stereocenters. The minimum Gasteiger partial charge on any atom is -0.353 e. The molecule has 2 fully saturated rings. The fourth-order valence-electron chi connectivity index (χ4n) is 2.55. The SMILES string of the molecule is CCCNC(=O)NC(=O)CN1CCC(NC(=O)C2CC2)CC1. The molecule has 2 rings (SSSR count). The predicted molar refractivity (Wildman–Crippen MR) is 82.2 cm³/mol. The van der Waals surface area contributed by atoms with Crippen LogP contribution in [0.1, 0.15) is 39.0 Å². The molecule has 0 unspecified atom stereocenters. The zero-order valence-corrected chi connectivity index (χ0v) is 13.2. The molecule has 1 aliphatic carbocycles. The molecule has 0 spiro atoms. The molecule has 124 valence electrons. The maximum Gasteiger partial charge on any atom is 0.321 e. The van der Waals surface area contributed by atoms with Crippen molar-refractivity contribution >= 4 is 17.8 Å². The Labute approximate surface area is 131 Å². The predicted octanol–water partition coefficient (Wildman–Crippen LogP) is 0.213. The summed E-state index contributed by atoms with van der Waals surface area (Å²) < 4.78 is 0. The third kappa shape index (κ3) is 5.63. The molecule has 0 bridgehead atoms. The molecule has 1 aliphatic heterocycles. The molecule has 1 saturated heterocycles. The van der Waals surface area contributed by atoms with Gasteiger partial charge in [-0.05, 0) is 32.1 Å². The van der Waals surface area contributed by atoms with Crippen molar-refractivity contribution in [2.24, 2.45) is 5.92 Å². The number of carbonyl (C=O) groups is 3. The Balaban J connectivity index is 1.60. The Bertz CT molecular complexity index is 415. The average Bonchev–Trinajstić information content (AvgIpc) is 3.31. The van der Waals surface area contributed by atoms with Crippen LogP contribution in [-0.2, 0) is 9.59 Å². The first-order chi connectivity index (χ1) is 10.6. The lowest BCUT2D eigenvalue weighted by Gasteiger charge is -2.31. The molecule has 0 aromatic rings. The number of amides is 4. The van der Waals surface area contributed by atoms with Crippen LogP contribution in [0.5, 0.6) is 0 Å². The second kappa shape index (κ2) is 8.12. The Morgan fingerprint density at radius 2 is 1.77 bits per heavy atom. The highest BCUT2D eigenvalue weighted by molar-refractivity contribution is 5.95. The van der Waals surface area contributed by atoms with Crippen LogP contribution in [0.4, 0.5) is 4.79 Å². The fourth-order valence-corrected chi connectivity index (χ4v) is 2.55. The lowest BCUT2D eigenvalue weighted by molar-refractivity contribution is -0.124. The zero-order chi connectivity index (χ0) is 15.9. The number of piperidine rings is 1. The van der Waals surface area contributed by atoms with Gasteiger partial charge in [-0.15, -0.1) is 0 Å². The Morgan fingerprint density at radius 3 is 2.36 bits per heavy atom. The maximum absolute atomic E-state index is 11.8. The van der Waals surface area contributed by atoms with Crippen molar-refractivity contribution in [1.82, 2.24) is 20.9 Å². The van der Waals surface area contributed by atoms with Gasteiger partial charge in [0.1, 0.15) is 0 Å². The summed E-state index contributed by atoms with van der Waals surface area (Å²) in [7, 11) is 0. The summed E-state index contributed by atoms with van der Waals surface area (Å²) in [4.78, 5) is 36.9. The van der Waals surface area contributed by atoms with Gasteiger partial charge in [-0.3, -0.25) is 19.8 Å². The van der Waals surface area contributed by atoms with E-state index in [2.05, 4.69) is 16.0 Å². The molecular weight excluding hydrogens is 284 g/mol. The number of nitrogens with one attached hydrogen (secondary N) is 3. The summed E-state index contributed by atoms with van der Waals surface area (Å²) in [5.41, 5.74) is 0. The van der Waals surface area contributed by atoms with E-state index in [0.29, 0.717) is 6.54 Å². The van der Waals surface area contributed by atoms with E-state index in [9.17, 15) is 14.4 Å². The molecule has 0 aromatic heterocycles. The number of hydrogen-bond acceptors (Lipinski definition) is 4. The van der Waals surface area contributed by atoms with Crippen molar-refractivity contribution in [3.05, 3.63) is 0 Å². The average molecular weight is 310 g/mol. The van der Waals surface area contributed by atoms with E-state index >= 15 is 0 Å². The third-order valence-corrected chi connectivity index (χ3v) is 4.04. The monoisotopic (exact) mass is 310 g/mol. The second-order valence-corrected chi connectivity index (χ2v) is 6.14. The first kappa shape index (κ1) is 16.7. The van der Waals surface area contributed by atoms with E-state index < -0.39 is 6.03 Å². The summed E-state index contributed by atoms with van der Waals surface area (Å²) >= 11 is 0. The quantitative estimate of drug-likeness (QED) is 0.654. The number of rotatable bonds is 6. The van der Waals surface area contributed by atoms with Gasteiger partial charge in [-0.2, -0.15) is 0 Å². The lowest BCUT2D eigenvalue weighted by atomic mass is 10.0. The smallest absolute Gasteiger partial charge is 0.321 e. The van der Waals surface area contributed by atoms with Crippen molar-refractivity contribution in [3.63, 3.8) is 0 Å². The molecule has 7 heteroatoms. The normalized spacial score (nSPS) is 19.5. The van der Waals surface area contributed by atoms with Crippen LogP contribution in [0, 0.1) is 5.92 Å². The number of hydrogen-bond donors (Lipinski definition) is 3. The van der Waals surface area contributed by atoms with Crippen molar-refractivity contribution < 1.29 is 14.4 Å². The van der Waals surface area contributed by atoms with Gasteiger partial charge in [0.05, 0.1) is 6.54 Å². The van der Waals surface area contributed by atoms with Crippen molar-refractivity contribution in [1.29, 1.82) is 0 Å². The number of imide groups is 1. The highest BCUT2D eigenvalue weighted by Crippen LogP contribution is 2.29. The van der Waals surface area contributed by atoms with Crippen molar-refractivity contribution in [3.8, 4) is 0 Å². The lowest BCUT2D eigenvalue weighted by Crippen LogP contribution is -2.49. The van der Waals surface area contributed by atoms with Gasteiger partial charge >= 0.3 is 6.03 Å². The zero-order valence-electron chi connectivity index (χ0n) is 13.2. The van der Waals surface area contributed by atoms with Gasteiger partial charge in [-0.1, -0.05) is 6.92 Å². The summed E-state index contributed by atoms with van der Waals surface area (Å²) in [6.07, 6.45) is 4.58. The molecule has 3 N–H and O–H groups in total. The van der Waals surface area contributed by atoms with Crippen LogP contribution in [0.25, 0.3) is 0 Å². The van der Waals surface area contributed by atoms with Crippen LogP contribution in [0.15, 0.2) is 0 Å². The van der Waals surface area contributed by atoms with Gasteiger partial charge in [-0.25, -0.2) is 4.79 Å². The molecule has 1 saturated carbocycles. The largest absolute Gasteiger partial charge is 0.353 e. The third-order valence-electron chi connectivity index (χ3n) is 4.04. The highest BCUT2D eigenvalue weighted by Gasteiger charge is 2.31. The topological polar surface area (TPSA) is 90.5 Å². The van der Waals surface area contributed by atoms with Crippen LogP contribution in [0.3, 0.4) is 0 Å². The fraction of sp³-hybridized carbons (Fsp3) is 0.800.